The molecule has 8 heteroatoms. The van der Waals surface area contributed by atoms with Gasteiger partial charge in [0.25, 0.3) is 5.91 Å². The third-order valence-electron chi connectivity index (χ3n) is 4.60. The van der Waals surface area contributed by atoms with Crippen LogP contribution in [0.5, 0.6) is 0 Å². The Labute approximate surface area is 198 Å². The van der Waals surface area contributed by atoms with Gasteiger partial charge in [-0.15, -0.1) is 34.4 Å². The van der Waals surface area contributed by atoms with Crippen molar-refractivity contribution in [2.45, 2.75) is 24.0 Å². The van der Waals surface area contributed by atoms with Crippen LogP contribution in [-0.2, 0) is 4.79 Å². The van der Waals surface area contributed by atoms with E-state index in [1.165, 1.54) is 40.0 Å². The van der Waals surface area contributed by atoms with E-state index in [9.17, 15) is 9.59 Å². The monoisotopic (exact) mass is 479 g/mol. The summed E-state index contributed by atoms with van der Waals surface area (Å²) in [5.74, 6) is -0.256. The van der Waals surface area contributed by atoms with Gasteiger partial charge in [0.2, 0.25) is 5.91 Å². The third-order valence-corrected chi connectivity index (χ3v) is 7.32. The zero-order valence-electron chi connectivity index (χ0n) is 17.5. The highest BCUT2D eigenvalue weighted by molar-refractivity contribution is 8.00. The van der Waals surface area contributed by atoms with Crippen LogP contribution in [0, 0.1) is 6.92 Å². The van der Waals surface area contributed by atoms with Crippen LogP contribution in [0.1, 0.15) is 22.2 Å². The molecule has 32 heavy (non-hydrogen) atoms. The van der Waals surface area contributed by atoms with E-state index in [0.29, 0.717) is 15.7 Å². The molecule has 0 fully saturated rings. The summed E-state index contributed by atoms with van der Waals surface area (Å²) in [6, 6.07) is 19.3. The molecule has 2 N–H and O–H groups in total. The minimum atomic E-state index is -0.329. The van der Waals surface area contributed by atoms with Gasteiger partial charge in [0.1, 0.15) is 0 Å². The number of carbonyl (C=O) groups is 2. The van der Waals surface area contributed by atoms with E-state index < -0.39 is 0 Å². The molecule has 1 atom stereocenters. The predicted octanol–water partition coefficient (Wildman–Crippen LogP) is 6.55. The first-order chi connectivity index (χ1) is 15.5. The number of aryl methyl sites for hydroxylation is 1. The fraction of sp³-hybridized carbons (Fsp3) is 0.125. The van der Waals surface area contributed by atoms with Crippen LogP contribution >= 0.6 is 34.4 Å². The van der Waals surface area contributed by atoms with Crippen LogP contribution in [0.4, 0.5) is 10.8 Å². The highest BCUT2D eigenvalue weighted by Crippen LogP contribution is 2.29. The number of amides is 2. The lowest BCUT2D eigenvalue weighted by Crippen LogP contribution is -2.22. The lowest BCUT2D eigenvalue weighted by atomic mass is 10.1. The molecule has 2 amide bonds. The minimum Gasteiger partial charge on any atom is -0.321 e. The molecule has 162 valence electrons. The molecule has 2 aromatic heterocycles. The Kier molecular flexibility index (Phi) is 7.04. The number of hydrogen-bond acceptors (Lipinski definition) is 6. The third kappa shape index (κ3) is 5.64. The Morgan fingerprint density at radius 1 is 1.00 bits per heavy atom. The van der Waals surface area contributed by atoms with E-state index >= 15 is 0 Å². The Morgan fingerprint density at radius 2 is 1.81 bits per heavy atom. The molecule has 0 aliphatic carbocycles. The van der Waals surface area contributed by atoms with Crippen molar-refractivity contribution in [1.29, 1.82) is 0 Å². The molecule has 0 spiro atoms. The summed E-state index contributed by atoms with van der Waals surface area (Å²) in [5.41, 5.74) is 3.76. The number of nitrogens with zero attached hydrogens (tertiary/aromatic N) is 1. The molecule has 0 saturated heterocycles. The highest BCUT2D eigenvalue weighted by Gasteiger charge is 2.17. The predicted molar refractivity (Wildman–Crippen MR) is 135 cm³/mol. The van der Waals surface area contributed by atoms with Crippen molar-refractivity contribution in [3.05, 3.63) is 81.9 Å². The first-order valence-electron chi connectivity index (χ1n) is 9.93. The average molecular weight is 480 g/mol. The summed E-state index contributed by atoms with van der Waals surface area (Å²) in [4.78, 5) is 31.1. The molecule has 4 rings (SSSR count). The normalized spacial score (nSPS) is 11.7. The van der Waals surface area contributed by atoms with Gasteiger partial charge in [0, 0.05) is 21.5 Å². The van der Waals surface area contributed by atoms with Crippen LogP contribution in [0.3, 0.4) is 0 Å². The molecule has 0 aliphatic heterocycles. The molecule has 0 bridgehead atoms. The second kappa shape index (κ2) is 10.1. The summed E-state index contributed by atoms with van der Waals surface area (Å²) in [5, 5.41) is 9.87. The standard InChI is InChI=1S/C24H21N3O2S3/c1-15-8-10-17(11-9-15)20-14-31-24(26-20)27-22(28)16(2)32-19-6-3-5-18(13-19)25-23(29)21-7-4-12-30-21/h3-14,16H,1-2H3,(H,25,29)(H,26,27,28). The van der Waals surface area contributed by atoms with Crippen LogP contribution < -0.4 is 10.6 Å². The number of hydrogen-bond donors (Lipinski definition) is 2. The lowest BCUT2D eigenvalue weighted by Gasteiger charge is -2.12. The summed E-state index contributed by atoms with van der Waals surface area (Å²) in [6.07, 6.45) is 0. The summed E-state index contributed by atoms with van der Waals surface area (Å²) in [6.45, 7) is 3.90. The van der Waals surface area contributed by atoms with E-state index in [1.807, 2.05) is 79.2 Å². The molecule has 0 radical (unpaired) electrons. The SMILES string of the molecule is Cc1ccc(-c2csc(NC(=O)C(C)Sc3cccc(NC(=O)c4cccs4)c3)n2)cc1. The molecule has 5 nitrogen and oxygen atoms in total. The zero-order valence-corrected chi connectivity index (χ0v) is 19.9. The van der Waals surface area contributed by atoms with E-state index in [0.717, 1.165) is 16.2 Å². The first-order valence-corrected chi connectivity index (χ1v) is 12.6. The average Bonchev–Trinajstić information content (AvgIpc) is 3.47. The van der Waals surface area contributed by atoms with Gasteiger partial charge < -0.3 is 10.6 Å². The van der Waals surface area contributed by atoms with Gasteiger partial charge >= 0.3 is 0 Å². The number of aromatic nitrogens is 1. The number of carbonyl (C=O) groups excluding carboxylic acids is 2. The molecule has 1 unspecified atom stereocenters. The topological polar surface area (TPSA) is 71.1 Å². The Balaban J connectivity index is 1.36. The van der Waals surface area contributed by atoms with Crippen molar-refractivity contribution in [2.24, 2.45) is 0 Å². The zero-order chi connectivity index (χ0) is 22.5. The fourth-order valence-corrected chi connectivity index (χ4v) is 5.17. The van der Waals surface area contributed by atoms with Gasteiger partial charge in [0.15, 0.2) is 5.13 Å². The van der Waals surface area contributed by atoms with E-state index in [-0.39, 0.29) is 17.1 Å². The second-order valence-electron chi connectivity index (χ2n) is 7.11. The van der Waals surface area contributed by atoms with Gasteiger partial charge in [-0.05, 0) is 43.5 Å². The first kappa shape index (κ1) is 22.3. The van der Waals surface area contributed by atoms with E-state index in [4.69, 9.17) is 0 Å². The molecule has 2 heterocycles. The number of rotatable bonds is 7. The molecular weight excluding hydrogens is 458 g/mol. The molecule has 4 aromatic rings. The van der Waals surface area contributed by atoms with Crippen molar-refractivity contribution in [2.75, 3.05) is 10.6 Å². The van der Waals surface area contributed by atoms with Gasteiger partial charge in [-0.25, -0.2) is 4.98 Å². The maximum Gasteiger partial charge on any atom is 0.265 e. The van der Waals surface area contributed by atoms with Gasteiger partial charge in [-0.3, -0.25) is 9.59 Å². The number of thiazole rings is 1. The van der Waals surface area contributed by atoms with Crippen LogP contribution in [0.2, 0.25) is 0 Å². The van der Waals surface area contributed by atoms with Gasteiger partial charge in [0.05, 0.1) is 15.8 Å². The quantitative estimate of drug-likeness (QED) is 0.295. The van der Waals surface area contributed by atoms with E-state index in [1.54, 1.807) is 6.07 Å². The summed E-state index contributed by atoms with van der Waals surface area (Å²) < 4.78 is 0. The Hall–Kier alpha value is -2.94. The van der Waals surface area contributed by atoms with Gasteiger partial charge in [-0.2, -0.15) is 0 Å². The van der Waals surface area contributed by atoms with Gasteiger partial charge in [-0.1, -0.05) is 42.0 Å². The highest BCUT2D eigenvalue weighted by atomic mass is 32.2. The molecule has 0 aliphatic rings. The Bertz CT molecular complexity index is 1220. The Morgan fingerprint density at radius 3 is 2.56 bits per heavy atom. The smallest absolute Gasteiger partial charge is 0.265 e. The molecule has 2 aromatic carbocycles. The number of anilines is 2. The van der Waals surface area contributed by atoms with Crippen LogP contribution in [0.25, 0.3) is 11.3 Å². The molecule has 0 saturated carbocycles. The molecular formula is C24H21N3O2S3. The van der Waals surface area contributed by atoms with Crippen molar-refractivity contribution >= 4 is 57.1 Å². The maximum absolute atomic E-state index is 12.7. The number of benzene rings is 2. The van der Waals surface area contributed by atoms with Crippen molar-refractivity contribution in [1.82, 2.24) is 4.98 Å². The fourth-order valence-electron chi connectivity index (χ4n) is 2.90. The largest absolute Gasteiger partial charge is 0.321 e. The minimum absolute atomic E-state index is 0.118. The second-order valence-corrected chi connectivity index (χ2v) is 10.3. The number of thiophene rings is 1. The number of nitrogens with one attached hydrogen (secondary N) is 2. The van der Waals surface area contributed by atoms with Crippen molar-refractivity contribution in [3.63, 3.8) is 0 Å². The summed E-state index contributed by atoms with van der Waals surface area (Å²) >= 11 is 4.24. The van der Waals surface area contributed by atoms with E-state index in [2.05, 4.69) is 15.6 Å². The van der Waals surface area contributed by atoms with Crippen molar-refractivity contribution < 1.29 is 9.59 Å². The lowest BCUT2D eigenvalue weighted by molar-refractivity contribution is -0.115. The summed E-state index contributed by atoms with van der Waals surface area (Å²) in [7, 11) is 0. The van der Waals surface area contributed by atoms with Crippen LogP contribution in [-0.4, -0.2) is 22.0 Å². The number of thioether (sulfide) groups is 1. The van der Waals surface area contributed by atoms with Crippen molar-refractivity contribution in [3.8, 4) is 11.3 Å². The van der Waals surface area contributed by atoms with Crippen LogP contribution in [0.15, 0.2) is 76.3 Å². The maximum atomic E-state index is 12.7.